The minimum atomic E-state index is -1.36. The van der Waals surface area contributed by atoms with E-state index in [1.54, 1.807) is 0 Å². The Morgan fingerprint density at radius 1 is 1.00 bits per heavy atom. The number of carbonyl (C=O) groups is 4. The molecule has 0 fully saturated rings. The van der Waals surface area contributed by atoms with Gasteiger partial charge in [0, 0.05) is 0 Å². The normalized spacial score (nSPS) is 9.33. The zero-order chi connectivity index (χ0) is 12.0. The van der Waals surface area contributed by atoms with E-state index in [1.807, 2.05) is 0 Å². The first kappa shape index (κ1) is 12.9. The van der Waals surface area contributed by atoms with Gasteiger partial charge in [0.05, 0.1) is 13.1 Å². The van der Waals surface area contributed by atoms with E-state index >= 15 is 0 Å². The number of hydrogen-bond donors (Lipinski definition) is 3. The smallest absolute Gasteiger partial charge is 0.312 e. The minimum absolute atomic E-state index is 0.533. The second kappa shape index (κ2) is 5.58. The largest absolute Gasteiger partial charge is 0.481 e. The molecule has 0 atom stereocenters. The molecule has 8 nitrogen and oxygen atoms in total. The predicted molar refractivity (Wildman–Crippen MR) is 47.2 cm³/mol. The lowest BCUT2D eigenvalue weighted by Gasteiger charge is -2.18. The van der Waals surface area contributed by atoms with Gasteiger partial charge in [-0.3, -0.25) is 19.2 Å². The van der Waals surface area contributed by atoms with E-state index in [0.29, 0.717) is 4.90 Å². The van der Waals surface area contributed by atoms with Crippen LogP contribution < -0.4 is 11.5 Å². The fourth-order valence-electron chi connectivity index (χ4n) is 0.850. The van der Waals surface area contributed by atoms with Gasteiger partial charge >= 0.3 is 5.97 Å². The van der Waals surface area contributed by atoms with Crippen molar-refractivity contribution in [2.24, 2.45) is 11.5 Å². The molecule has 0 aromatic heterocycles. The maximum Gasteiger partial charge on any atom is 0.312 e. The SMILES string of the molecule is NC(=O)CN(CC(N)=O)C(=O)CC(=O)O. The Morgan fingerprint density at radius 2 is 1.40 bits per heavy atom. The number of aliphatic carboxylic acids is 1. The molecule has 3 amide bonds. The molecule has 0 bridgehead atoms. The van der Waals surface area contributed by atoms with Crippen molar-refractivity contribution in [1.29, 1.82) is 0 Å². The molecular formula is C7H11N3O5. The van der Waals surface area contributed by atoms with Crippen LogP contribution in [-0.2, 0) is 19.2 Å². The summed E-state index contributed by atoms with van der Waals surface area (Å²) >= 11 is 0. The third-order valence-electron chi connectivity index (χ3n) is 1.35. The van der Waals surface area contributed by atoms with Crippen LogP contribution in [0.4, 0.5) is 0 Å². The number of rotatable bonds is 6. The Kier molecular flexibility index (Phi) is 4.79. The van der Waals surface area contributed by atoms with E-state index in [4.69, 9.17) is 16.6 Å². The molecule has 0 aromatic rings. The van der Waals surface area contributed by atoms with Crippen molar-refractivity contribution in [1.82, 2.24) is 4.90 Å². The van der Waals surface area contributed by atoms with E-state index in [0.717, 1.165) is 0 Å². The second-order valence-electron chi connectivity index (χ2n) is 2.75. The highest BCUT2D eigenvalue weighted by molar-refractivity contribution is 5.96. The van der Waals surface area contributed by atoms with Gasteiger partial charge in [0.1, 0.15) is 6.42 Å². The van der Waals surface area contributed by atoms with E-state index in [2.05, 4.69) is 0 Å². The molecule has 0 aliphatic carbocycles. The Balaban J connectivity index is 4.46. The monoisotopic (exact) mass is 217 g/mol. The molecule has 0 radical (unpaired) electrons. The fourth-order valence-corrected chi connectivity index (χ4v) is 0.850. The molecule has 0 saturated heterocycles. The summed E-state index contributed by atoms with van der Waals surface area (Å²) in [5.41, 5.74) is 9.61. The lowest BCUT2D eigenvalue weighted by Crippen LogP contribution is -2.43. The number of carbonyl (C=O) groups excluding carboxylic acids is 3. The zero-order valence-electron chi connectivity index (χ0n) is 7.80. The van der Waals surface area contributed by atoms with Crippen molar-refractivity contribution in [3.8, 4) is 0 Å². The molecule has 0 saturated carbocycles. The van der Waals surface area contributed by atoms with Crippen LogP contribution in [0.15, 0.2) is 0 Å². The summed E-state index contributed by atoms with van der Waals surface area (Å²) < 4.78 is 0. The first-order valence-electron chi connectivity index (χ1n) is 3.89. The molecule has 84 valence electrons. The Labute approximate surface area is 84.8 Å². The number of nitrogens with zero attached hydrogens (tertiary/aromatic N) is 1. The maximum atomic E-state index is 11.2. The third-order valence-corrected chi connectivity index (χ3v) is 1.35. The quantitative estimate of drug-likeness (QED) is 0.413. The van der Waals surface area contributed by atoms with Crippen LogP contribution in [0.3, 0.4) is 0 Å². The highest BCUT2D eigenvalue weighted by Crippen LogP contribution is 1.94. The Hall–Kier alpha value is -2.12. The highest BCUT2D eigenvalue weighted by atomic mass is 16.4. The molecule has 0 rings (SSSR count). The minimum Gasteiger partial charge on any atom is -0.481 e. The number of nitrogens with two attached hydrogens (primary N) is 2. The molecule has 0 spiro atoms. The number of hydrogen-bond acceptors (Lipinski definition) is 4. The zero-order valence-corrected chi connectivity index (χ0v) is 7.80. The molecular weight excluding hydrogens is 206 g/mol. The Morgan fingerprint density at radius 3 is 1.67 bits per heavy atom. The van der Waals surface area contributed by atoms with Gasteiger partial charge in [-0.25, -0.2) is 0 Å². The van der Waals surface area contributed by atoms with Gasteiger partial charge in [0.15, 0.2) is 0 Å². The van der Waals surface area contributed by atoms with Gasteiger partial charge in [-0.05, 0) is 0 Å². The molecule has 0 aliphatic rings. The van der Waals surface area contributed by atoms with Gasteiger partial charge in [0.2, 0.25) is 17.7 Å². The second-order valence-corrected chi connectivity index (χ2v) is 2.75. The lowest BCUT2D eigenvalue weighted by molar-refractivity contribution is -0.146. The number of carboxylic acid groups (broad SMARTS) is 1. The molecule has 0 aliphatic heterocycles. The van der Waals surface area contributed by atoms with Gasteiger partial charge < -0.3 is 21.5 Å². The number of carboxylic acids is 1. The van der Waals surface area contributed by atoms with Crippen molar-refractivity contribution in [2.75, 3.05) is 13.1 Å². The van der Waals surface area contributed by atoms with Crippen LogP contribution in [0.25, 0.3) is 0 Å². The number of amides is 3. The Bertz CT molecular complexity index is 285. The van der Waals surface area contributed by atoms with Crippen molar-refractivity contribution in [2.45, 2.75) is 6.42 Å². The lowest BCUT2D eigenvalue weighted by atomic mass is 10.3. The van der Waals surface area contributed by atoms with Crippen molar-refractivity contribution < 1.29 is 24.3 Å². The van der Waals surface area contributed by atoms with Crippen molar-refractivity contribution in [3.05, 3.63) is 0 Å². The van der Waals surface area contributed by atoms with Gasteiger partial charge in [-0.1, -0.05) is 0 Å². The fraction of sp³-hybridized carbons (Fsp3) is 0.429. The molecule has 15 heavy (non-hydrogen) atoms. The van der Waals surface area contributed by atoms with Gasteiger partial charge in [-0.2, -0.15) is 0 Å². The van der Waals surface area contributed by atoms with Gasteiger partial charge in [0.25, 0.3) is 0 Å². The van der Waals surface area contributed by atoms with Crippen LogP contribution >= 0.6 is 0 Å². The summed E-state index contributed by atoms with van der Waals surface area (Å²) in [6.45, 7) is -1.07. The van der Waals surface area contributed by atoms with Crippen LogP contribution in [0.2, 0.25) is 0 Å². The van der Waals surface area contributed by atoms with E-state index in [-0.39, 0.29) is 0 Å². The first-order chi connectivity index (χ1) is 6.82. The molecule has 0 aromatic carbocycles. The van der Waals surface area contributed by atoms with Gasteiger partial charge in [-0.15, -0.1) is 0 Å². The molecule has 0 heterocycles. The summed E-state index contributed by atoms with van der Waals surface area (Å²) in [5.74, 6) is -3.95. The highest BCUT2D eigenvalue weighted by Gasteiger charge is 2.19. The third kappa shape index (κ3) is 6.02. The molecule has 5 N–H and O–H groups in total. The van der Waals surface area contributed by atoms with Crippen LogP contribution in [0, 0.1) is 0 Å². The number of primary amides is 2. The van der Waals surface area contributed by atoms with Crippen LogP contribution in [0.5, 0.6) is 0 Å². The topological polar surface area (TPSA) is 144 Å². The van der Waals surface area contributed by atoms with Crippen LogP contribution in [0.1, 0.15) is 6.42 Å². The summed E-state index contributed by atoms with van der Waals surface area (Å²) in [5, 5.41) is 8.32. The summed E-state index contributed by atoms with van der Waals surface area (Å²) in [4.78, 5) is 43.1. The van der Waals surface area contributed by atoms with Crippen LogP contribution in [-0.4, -0.2) is 46.8 Å². The average molecular weight is 217 g/mol. The predicted octanol–water partition coefficient (Wildman–Crippen LogP) is -2.74. The van der Waals surface area contributed by atoms with Crippen molar-refractivity contribution in [3.63, 3.8) is 0 Å². The van der Waals surface area contributed by atoms with E-state index in [1.165, 1.54) is 0 Å². The average Bonchev–Trinajstić information content (AvgIpc) is 1.99. The molecule has 0 unspecified atom stereocenters. The summed E-state index contributed by atoms with van der Waals surface area (Å²) in [6, 6.07) is 0. The first-order valence-corrected chi connectivity index (χ1v) is 3.89. The standard InChI is InChI=1S/C7H11N3O5/c8-4(11)2-10(3-5(9)12)6(13)1-7(14)15/h1-3H2,(H2,8,11)(H2,9,12)(H,14,15). The maximum absolute atomic E-state index is 11.2. The molecule has 8 heteroatoms. The van der Waals surface area contributed by atoms with E-state index in [9.17, 15) is 19.2 Å². The van der Waals surface area contributed by atoms with Crippen molar-refractivity contribution >= 4 is 23.7 Å². The summed E-state index contributed by atoms with van der Waals surface area (Å²) in [7, 11) is 0. The van der Waals surface area contributed by atoms with E-state index < -0.39 is 43.2 Å². The summed E-state index contributed by atoms with van der Waals surface area (Å²) in [6.07, 6.45) is -0.819.